The average Bonchev–Trinajstić information content (AvgIpc) is 2.84. The predicted octanol–water partition coefficient (Wildman–Crippen LogP) is 1.79. The summed E-state index contributed by atoms with van der Waals surface area (Å²) in [5.74, 6) is 0.806. The van der Waals surface area contributed by atoms with Crippen LogP contribution in [0.4, 0.5) is 0 Å². The maximum atomic E-state index is 3.72. The summed E-state index contributed by atoms with van der Waals surface area (Å²) in [5.41, 5.74) is 0. The van der Waals surface area contributed by atoms with Crippen LogP contribution >= 0.6 is 0 Å². The summed E-state index contributed by atoms with van der Waals surface area (Å²) >= 11 is 0. The van der Waals surface area contributed by atoms with Crippen LogP contribution in [-0.4, -0.2) is 61.7 Å². The van der Waals surface area contributed by atoms with E-state index in [0.29, 0.717) is 0 Å². The van der Waals surface area contributed by atoms with E-state index in [1.165, 1.54) is 71.5 Å². The second-order valence-electron chi connectivity index (χ2n) is 6.47. The summed E-state index contributed by atoms with van der Waals surface area (Å²) in [6.45, 7) is 13.4. The molecule has 2 fully saturated rings. The first-order chi connectivity index (χ1) is 8.74. The van der Waals surface area contributed by atoms with Crippen molar-refractivity contribution in [2.45, 2.75) is 45.6 Å². The molecule has 0 aromatic rings. The number of rotatable bonds is 6. The van der Waals surface area contributed by atoms with E-state index in [1.54, 1.807) is 0 Å². The summed E-state index contributed by atoms with van der Waals surface area (Å²) < 4.78 is 0. The molecule has 0 bridgehead atoms. The highest BCUT2D eigenvalue weighted by atomic mass is 15.3. The van der Waals surface area contributed by atoms with E-state index in [0.717, 1.165) is 12.0 Å². The van der Waals surface area contributed by atoms with Gasteiger partial charge in [-0.3, -0.25) is 4.90 Å². The van der Waals surface area contributed by atoms with Crippen molar-refractivity contribution >= 4 is 0 Å². The van der Waals surface area contributed by atoms with Crippen LogP contribution in [-0.2, 0) is 0 Å². The van der Waals surface area contributed by atoms with E-state index in [2.05, 4.69) is 29.0 Å². The molecule has 18 heavy (non-hydrogen) atoms. The van der Waals surface area contributed by atoms with Gasteiger partial charge in [-0.25, -0.2) is 0 Å². The molecule has 0 aromatic heterocycles. The molecule has 1 aliphatic carbocycles. The Hall–Kier alpha value is -0.120. The maximum Gasteiger partial charge on any atom is 0.0110 e. The fraction of sp³-hybridized carbons (Fsp3) is 1.00. The topological polar surface area (TPSA) is 18.5 Å². The quantitative estimate of drug-likeness (QED) is 0.778. The third-order valence-electron chi connectivity index (χ3n) is 4.30. The van der Waals surface area contributed by atoms with Crippen LogP contribution in [0.2, 0.25) is 0 Å². The molecular weight excluding hydrogens is 222 g/mol. The minimum Gasteiger partial charge on any atom is -0.313 e. The summed E-state index contributed by atoms with van der Waals surface area (Å²) in [4.78, 5) is 5.24. The highest BCUT2D eigenvalue weighted by Crippen LogP contribution is 2.17. The Bertz CT molecular complexity index is 216. The summed E-state index contributed by atoms with van der Waals surface area (Å²) in [6.07, 6.45) is 5.68. The van der Waals surface area contributed by atoms with E-state index >= 15 is 0 Å². The molecule has 0 spiro atoms. The highest BCUT2D eigenvalue weighted by molar-refractivity contribution is 4.76. The zero-order valence-corrected chi connectivity index (χ0v) is 12.3. The van der Waals surface area contributed by atoms with Gasteiger partial charge in [0.1, 0.15) is 0 Å². The molecule has 0 amide bonds. The zero-order chi connectivity index (χ0) is 12.8. The van der Waals surface area contributed by atoms with Gasteiger partial charge in [0.2, 0.25) is 0 Å². The molecule has 106 valence electrons. The van der Waals surface area contributed by atoms with Gasteiger partial charge in [-0.15, -0.1) is 0 Å². The first-order valence-electron chi connectivity index (χ1n) is 7.92. The van der Waals surface area contributed by atoms with E-state index < -0.39 is 0 Å². The van der Waals surface area contributed by atoms with Crippen molar-refractivity contribution < 1.29 is 0 Å². The lowest BCUT2D eigenvalue weighted by atomic mass is 10.2. The minimum atomic E-state index is 0.806. The molecule has 1 saturated heterocycles. The Morgan fingerprint density at radius 1 is 1.00 bits per heavy atom. The van der Waals surface area contributed by atoms with Crippen LogP contribution in [0, 0.1) is 5.92 Å². The van der Waals surface area contributed by atoms with Gasteiger partial charge in [-0.1, -0.05) is 26.7 Å². The minimum absolute atomic E-state index is 0.806. The second-order valence-corrected chi connectivity index (χ2v) is 6.47. The Morgan fingerprint density at radius 3 is 2.22 bits per heavy atom. The summed E-state index contributed by atoms with van der Waals surface area (Å²) in [5, 5.41) is 3.72. The van der Waals surface area contributed by atoms with E-state index in [-0.39, 0.29) is 0 Å². The maximum absolute atomic E-state index is 3.72. The lowest BCUT2D eigenvalue weighted by Gasteiger charge is -2.35. The number of piperazine rings is 1. The molecule has 3 heteroatoms. The molecule has 0 atom stereocenters. The molecule has 0 radical (unpaired) electrons. The molecule has 2 aliphatic rings. The standard InChI is InChI=1S/C15H31N3/c1-14(2)13-18-11-9-17(10-12-18)8-7-16-15-5-3-4-6-15/h14-16H,3-13H2,1-2H3. The monoisotopic (exact) mass is 253 g/mol. The van der Waals surface area contributed by atoms with Gasteiger partial charge >= 0.3 is 0 Å². The third kappa shape index (κ3) is 4.87. The van der Waals surface area contributed by atoms with Crippen LogP contribution in [0.3, 0.4) is 0 Å². The Labute approximate surface area is 113 Å². The van der Waals surface area contributed by atoms with Gasteiger partial charge in [0.25, 0.3) is 0 Å². The van der Waals surface area contributed by atoms with Gasteiger partial charge in [0, 0.05) is 51.9 Å². The van der Waals surface area contributed by atoms with Gasteiger partial charge in [0.05, 0.1) is 0 Å². The average molecular weight is 253 g/mol. The van der Waals surface area contributed by atoms with E-state index in [9.17, 15) is 0 Å². The van der Waals surface area contributed by atoms with Crippen molar-refractivity contribution in [1.29, 1.82) is 0 Å². The Kier molecular flexibility index (Phi) is 5.93. The second kappa shape index (κ2) is 7.46. The van der Waals surface area contributed by atoms with Crippen LogP contribution < -0.4 is 5.32 Å². The third-order valence-corrected chi connectivity index (χ3v) is 4.30. The molecule has 1 saturated carbocycles. The van der Waals surface area contributed by atoms with Gasteiger partial charge in [0.15, 0.2) is 0 Å². The molecule has 1 aliphatic heterocycles. The van der Waals surface area contributed by atoms with Crippen LogP contribution in [0.25, 0.3) is 0 Å². The van der Waals surface area contributed by atoms with Crippen LogP contribution in [0.5, 0.6) is 0 Å². The molecule has 0 aromatic carbocycles. The normalized spacial score (nSPS) is 24.2. The van der Waals surface area contributed by atoms with Gasteiger partial charge < -0.3 is 10.2 Å². The smallest absolute Gasteiger partial charge is 0.0110 e. The predicted molar refractivity (Wildman–Crippen MR) is 78.0 cm³/mol. The van der Waals surface area contributed by atoms with Gasteiger partial charge in [-0.2, -0.15) is 0 Å². The molecular formula is C15H31N3. The molecule has 1 heterocycles. The van der Waals surface area contributed by atoms with Crippen molar-refractivity contribution in [3.63, 3.8) is 0 Å². The first-order valence-corrected chi connectivity index (χ1v) is 7.92. The lowest BCUT2D eigenvalue weighted by molar-refractivity contribution is 0.122. The number of nitrogens with one attached hydrogen (secondary N) is 1. The van der Waals surface area contributed by atoms with Gasteiger partial charge in [-0.05, 0) is 18.8 Å². The van der Waals surface area contributed by atoms with Crippen LogP contribution in [0.15, 0.2) is 0 Å². The van der Waals surface area contributed by atoms with Crippen LogP contribution in [0.1, 0.15) is 39.5 Å². The molecule has 2 rings (SSSR count). The summed E-state index contributed by atoms with van der Waals surface area (Å²) in [7, 11) is 0. The number of hydrogen-bond acceptors (Lipinski definition) is 3. The first kappa shape index (κ1) is 14.3. The lowest BCUT2D eigenvalue weighted by Crippen LogP contribution is -2.49. The fourth-order valence-corrected chi connectivity index (χ4v) is 3.27. The Balaban J connectivity index is 1.53. The highest BCUT2D eigenvalue weighted by Gasteiger charge is 2.18. The zero-order valence-electron chi connectivity index (χ0n) is 12.3. The van der Waals surface area contributed by atoms with Crippen molar-refractivity contribution in [2.75, 3.05) is 45.8 Å². The summed E-state index contributed by atoms with van der Waals surface area (Å²) in [6, 6.07) is 0.826. The van der Waals surface area contributed by atoms with E-state index in [1.807, 2.05) is 0 Å². The van der Waals surface area contributed by atoms with Crippen molar-refractivity contribution in [3.05, 3.63) is 0 Å². The SMILES string of the molecule is CC(C)CN1CCN(CCNC2CCCC2)CC1. The molecule has 1 N–H and O–H groups in total. The van der Waals surface area contributed by atoms with Crippen molar-refractivity contribution in [2.24, 2.45) is 5.92 Å². The largest absolute Gasteiger partial charge is 0.313 e. The Morgan fingerprint density at radius 2 is 1.61 bits per heavy atom. The van der Waals surface area contributed by atoms with Crippen molar-refractivity contribution in [3.8, 4) is 0 Å². The van der Waals surface area contributed by atoms with E-state index in [4.69, 9.17) is 0 Å². The molecule has 3 nitrogen and oxygen atoms in total. The molecule has 0 unspecified atom stereocenters. The fourth-order valence-electron chi connectivity index (χ4n) is 3.27. The number of hydrogen-bond donors (Lipinski definition) is 1. The van der Waals surface area contributed by atoms with Crippen molar-refractivity contribution in [1.82, 2.24) is 15.1 Å². The number of nitrogens with zero attached hydrogens (tertiary/aromatic N) is 2.